The number of fused-ring (bicyclic) bond motifs is 2. The second-order valence-corrected chi connectivity index (χ2v) is 4.99. The number of hydrogen-bond donors (Lipinski definition) is 0. The number of aromatic nitrogens is 3. The van der Waals surface area contributed by atoms with Crippen LogP contribution >= 0.6 is 11.5 Å². The van der Waals surface area contributed by atoms with Crippen LogP contribution in [0.5, 0.6) is 0 Å². The molecule has 3 nitrogen and oxygen atoms in total. The molecule has 0 aliphatic rings. The Morgan fingerprint density at radius 1 is 1.11 bits per heavy atom. The molecule has 4 heteroatoms. The summed E-state index contributed by atoms with van der Waals surface area (Å²) in [5.74, 6) is 0. The Bertz CT molecular complexity index is 844. The van der Waals surface area contributed by atoms with Crippen molar-refractivity contribution in [1.82, 2.24) is 14.0 Å². The Balaban J connectivity index is 2.03. The molecular formula is C14H9N3S. The van der Waals surface area contributed by atoms with Gasteiger partial charge in [-0.1, -0.05) is 12.1 Å². The zero-order valence-electron chi connectivity index (χ0n) is 9.45. The molecule has 0 amide bonds. The van der Waals surface area contributed by atoms with E-state index in [2.05, 4.69) is 39.8 Å². The zero-order chi connectivity index (χ0) is 11.9. The summed E-state index contributed by atoms with van der Waals surface area (Å²) >= 11 is 1.53. The van der Waals surface area contributed by atoms with Crippen molar-refractivity contribution in [3.05, 3.63) is 55.0 Å². The zero-order valence-corrected chi connectivity index (χ0v) is 10.3. The van der Waals surface area contributed by atoms with Crippen LogP contribution in [0, 0.1) is 0 Å². The summed E-state index contributed by atoms with van der Waals surface area (Å²) in [5, 5.41) is 5.43. The van der Waals surface area contributed by atoms with Crippen LogP contribution in [0.25, 0.3) is 26.7 Å². The van der Waals surface area contributed by atoms with E-state index in [-0.39, 0.29) is 0 Å². The first-order chi connectivity index (χ1) is 8.92. The topological polar surface area (TPSA) is 30.2 Å². The van der Waals surface area contributed by atoms with Crippen molar-refractivity contribution in [2.45, 2.75) is 0 Å². The third-order valence-electron chi connectivity index (χ3n) is 3.11. The molecule has 3 heterocycles. The Morgan fingerprint density at radius 3 is 3.11 bits per heavy atom. The van der Waals surface area contributed by atoms with Crippen LogP contribution in [0.2, 0.25) is 0 Å². The Hall–Kier alpha value is -2.20. The van der Waals surface area contributed by atoms with Gasteiger partial charge in [-0.15, -0.1) is 0 Å². The third kappa shape index (κ3) is 1.36. The molecule has 0 atom stereocenters. The quantitative estimate of drug-likeness (QED) is 0.517. The second-order valence-electron chi connectivity index (χ2n) is 4.16. The monoisotopic (exact) mass is 251 g/mol. The lowest BCUT2D eigenvalue weighted by Gasteiger charge is -2.03. The van der Waals surface area contributed by atoms with Crippen LogP contribution in [-0.2, 0) is 0 Å². The molecule has 0 radical (unpaired) electrons. The highest BCUT2D eigenvalue weighted by Crippen LogP contribution is 2.30. The van der Waals surface area contributed by atoms with Crippen molar-refractivity contribution in [2.75, 3.05) is 0 Å². The van der Waals surface area contributed by atoms with Gasteiger partial charge < -0.3 is 0 Å². The highest BCUT2D eigenvalue weighted by atomic mass is 32.1. The van der Waals surface area contributed by atoms with Gasteiger partial charge >= 0.3 is 0 Å². The third-order valence-corrected chi connectivity index (χ3v) is 3.87. The molecule has 4 rings (SSSR count). The highest BCUT2D eigenvalue weighted by molar-refractivity contribution is 7.13. The lowest BCUT2D eigenvalue weighted by atomic mass is 10.0. The van der Waals surface area contributed by atoms with Crippen molar-refractivity contribution in [3.8, 4) is 11.1 Å². The van der Waals surface area contributed by atoms with Crippen molar-refractivity contribution < 1.29 is 0 Å². The predicted octanol–water partition coefficient (Wildman–Crippen LogP) is 3.61. The normalized spacial score (nSPS) is 11.3. The first kappa shape index (κ1) is 9.79. The van der Waals surface area contributed by atoms with Gasteiger partial charge in [0.2, 0.25) is 0 Å². The predicted molar refractivity (Wildman–Crippen MR) is 73.8 cm³/mol. The molecule has 0 aliphatic heterocycles. The van der Waals surface area contributed by atoms with Crippen LogP contribution in [0.4, 0.5) is 0 Å². The maximum Gasteiger partial charge on any atom is 0.0667 e. The minimum atomic E-state index is 1.10. The van der Waals surface area contributed by atoms with Crippen LogP contribution in [0.15, 0.2) is 55.0 Å². The molecule has 86 valence electrons. The molecule has 3 aromatic heterocycles. The molecule has 0 fully saturated rings. The summed E-state index contributed by atoms with van der Waals surface area (Å²) in [5.41, 5.74) is 3.53. The first-order valence-electron chi connectivity index (χ1n) is 5.69. The highest BCUT2D eigenvalue weighted by Gasteiger charge is 2.06. The number of pyridine rings is 1. The molecular weight excluding hydrogens is 242 g/mol. The average Bonchev–Trinajstić information content (AvgIpc) is 3.05. The SMILES string of the molecule is c1cc(-c2ccn3nccc3c2)c2cnsc2c1. The number of benzene rings is 1. The van der Waals surface area contributed by atoms with E-state index in [0.29, 0.717) is 0 Å². The summed E-state index contributed by atoms with van der Waals surface area (Å²) < 4.78 is 7.36. The summed E-state index contributed by atoms with van der Waals surface area (Å²) in [6, 6.07) is 12.6. The summed E-state index contributed by atoms with van der Waals surface area (Å²) in [6.07, 6.45) is 5.74. The van der Waals surface area contributed by atoms with Gasteiger partial charge in [0, 0.05) is 24.0 Å². The molecule has 0 saturated heterocycles. The van der Waals surface area contributed by atoms with Gasteiger partial charge in [0.15, 0.2) is 0 Å². The summed E-state index contributed by atoms with van der Waals surface area (Å²) in [7, 11) is 0. The van der Waals surface area contributed by atoms with Crippen molar-refractivity contribution in [1.29, 1.82) is 0 Å². The van der Waals surface area contributed by atoms with E-state index >= 15 is 0 Å². The Kier molecular flexibility index (Phi) is 1.98. The smallest absolute Gasteiger partial charge is 0.0667 e. The van der Waals surface area contributed by atoms with Gasteiger partial charge in [-0.25, -0.2) is 4.52 Å². The van der Waals surface area contributed by atoms with E-state index in [1.807, 2.05) is 29.2 Å². The number of hydrogen-bond acceptors (Lipinski definition) is 3. The van der Waals surface area contributed by atoms with Gasteiger partial charge in [0.25, 0.3) is 0 Å². The molecule has 0 unspecified atom stereocenters. The largest absolute Gasteiger partial charge is 0.241 e. The molecule has 0 N–H and O–H groups in total. The Morgan fingerprint density at radius 2 is 2.11 bits per heavy atom. The van der Waals surface area contributed by atoms with E-state index in [4.69, 9.17) is 0 Å². The van der Waals surface area contributed by atoms with Crippen molar-refractivity contribution >= 4 is 27.1 Å². The fourth-order valence-corrected chi connectivity index (χ4v) is 2.91. The van der Waals surface area contributed by atoms with E-state index in [9.17, 15) is 0 Å². The fourth-order valence-electron chi connectivity index (χ4n) is 2.23. The minimum Gasteiger partial charge on any atom is -0.241 e. The van der Waals surface area contributed by atoms with Gasteiger partial charge in [-0.3, -0.25) is 0 Å². The van der Waals surface area contributed by atoms with Gasteiger partial charge in [0.05, 0.1) is 10.2 Å². The number of rotatable bonds is 1. The van der Waals surface area contributed by atoms with Gasteiger partial charge in [-0.05, 0) is 46.9 Å². The maximum absolute atomic E-state index is 4.26. The van der Waals surface area contributed by atoms with Gasteiger partial charge in [0.1, 0.15) is 0 Å². The lowest BCUT2D eigenvalue weighted by molar-refractivity contribution is 0.962. The van der Waals surface area contributed by atoms with E-state index in [1.54, 1.807) is 0 Å². The standard InChI is InChI=1S/C14H9N3S/c1-2-12(13-9-16-18-14(13)3-1)10-5-7-17-11(8-10)4-6-15-17/h1-9H. The van der Waals surface area contributed by atoms with Gasteiger partial charge in [-0.2, -0.15) is 9.47 Å². The average molecular weight is 251 g/mol. The lowest BCUT2D eigenvalue weighted by Crippen LogP contribution is -1.86. The molecule has 4 aromatic rings. The molecule has 0 aliphatic carbocycles. The molecule has 0 bridgehead atoms. The van der Waals surface area contributed by atoms with Crippen LogP contribution in [0.1, 0.15) is 0 Å². The van der Waals surface area contributed by atoms with Crippen LogP contribution in [0.3, 0.4) is 0 Å². The van der Waals surface area contributed by atoms with Crippen molar-refractivity contribution in [2.24, 2.45) is 0 Å². The molecule has 0 saturated carbocycles. The minimum absolute atomic E-state index is 1.10. The van der Waals surface area contributed by atoms with Crippen LogP contribution in [-0.4, -0.2) is 14.0 Å². The van der Waals surface area contributed by atoms with Crippen LogP contribution < -0.4 is 0 Å². The number of nitrogens with zero attached hydrogens (tertiary/aromatic N) is 3. The van der Waals surface area contributed by atoms with E-state index < -0.39 is 0 Å². The van der Waals surface area contributed by atoms with Crippen molar-refractivity contribution in [3.63, 3.8) is 0 Å². The Labute approximate surface area is 107 Å². The summed E-state index contributed by atoms with van der Waals surface area (Å²) in [6.45, 7) is 0. The molecule has 18 heavy (non-hydrogen) atoms. The fraction of sp³-hybridized carbons (Fsp3) is 0. The summed E-state index contributed by atoms with van der Waals surface area (Å²) in [4.78, 5) is 0. The van der Waals surface area contributed by atoms with E-state index in [0.717, 1.165) is 5.52 Å². The molecule has 0 spiro atoms. The molecule has 1 aromatic carbocycles. The first-order valence-corrected chi connectivity index (χ1v) is 6.46. The van der Waals surface area contributed by atoms with E-state index in [1.165, 1.54) is 32.7 Å². The second kappa shape index (κ2) is 3.65. The maximum atomic E-state index is 4.26.